The molecular formula is C16H21N3O2. The van der Waals surface area contributed by atoms with Gasteiger partial charge in [0, 0.05) is 31.9 Å². The van der Waals surface area contributed by atoms with Gasteiger partial charge in [-0.05, 0) is 31.0 Å². The summed E-state index contributed by atoms with van der Waals surface area (Å²) in [6.07, 6.45) is 3.14. The molecule has 1 aliphatic rings. The molecule has 0 radical (unpaired) electrons. The van der Waals surface area contributed by atoms with Crippen molar-refractivity contribution in [3.8, 4) is 5.88 Å². The van der Waals surface area contributed by atoms with Crippen molar-refractivity contribution in [2.75, 3.05) is 33.4 Å². The third-order valence-electron chi connectivity index (χ3n) is 3.87. The van der Waals surface area contributed by atoms with E-state index in [2.05, 4.69) is 27.9 Å². The van der Waals surface area contributed by atoms with E-state index in [1.54, 1.807) is 7.11 Å². The number of fused-ring (bicyclic) bond motifs is 1. The summed E-state index contributed by atoms with van der Waals surface area (Å²) in [7, 11) is 1.64. The maximum absolute atomic E-state index is 5.58. The quantitative estimate of drug-likeness (QED) is 0.859. The fourth-order valence-corrected chi connectivity index (χ4v) is 2.75. The molecule has 2 aromatic rings. The first kappa shape index (κ1) is 14.2. The second kappa shape index (κ2) is 6.37. The van der Waals surface area contributed by atoms with Crippen LogP contribution in [0.5, 0.6) is 5.88 Å². The van der Waals surface area contributed by atoms with Gasteiger partial charge in [-0.25, -0.2) is 4.98 Å². The van der Waals surface area contributed by atoms with Crippen LogP contribution < -0.4 is 4.74 Å². The van der Waals surface area contributed by atoms with Crippen molar-refractivity contribution in [3.63, 3.8) is 0 Å². The van der Waals surface area contributed by atoms with Gasteiger partial charge in [-0.3, -0.25) is 9.88 Å². The molecule has 3 rings (SSSR count). The van der Waals surface area contributed by atoms with E-state index in [1.807, 2.05) is 18.3 Å². The lowest BCUT2D eigenvalue weighted by molar-refractivity contribution is -0.0177. The first-order valence-electron chi connectivity index (χ1n) is 7.39. The number of aromatic nitrogens is 2. The van der Waals surface area contributed by atoms with Gasteiger partial charge in [0.05, 0.1) is 30.9 Å². The maximum atomic E-state index is 5.58. The fourth-order valence-electron chi connectivity index (χ4n) is 2.75. The molecule has 0 bridgehead atoms. The molecule has 3 heterocycles. The van der Waals surface area contributed by atoms with E-state index in [0.717, 1.165) is 43.7 Å². The number of morpholine rings is 1. The first-order chi connectivity index (χ1) is 10.3. The minimum atomic E-state index is 0.325. The summed E-state index contributed by atoms with van der Waals surface area (Å²) in [5.74, 6) is 0.636. The zero-order valence-corrected chi connectivity index (χ0v) is 12.6. The molecule has 0 spiro atoms. The molecule has 5 heteroatoms. The summed E-state index contributed by atoms with van der Waals surface area (Å²) >= 11 is 0. The maximum Gasteiger partial charge on any atom is 0.213 e. The Morgan fingerprint density at radius 3 is 3.10 bits per heavy atom. The molecule has 0 amide bonds. The molecular weight excluding hydrogens is 266 g/mol. The molecule has 0 saturated carbocycles. The van der Waals surface area contributed by atoms with E-state index in [4.69, 9.17) is 9.47 Å². The molecule has 0 aliphatic carbocycles. The van der Waals surface area contributed by atoms with Gasteiger partial charge in [0.2, 0.25) is 5.88 Å². The van der Waals surface area contributed by atoms with Crippen molar-refractivity contribution in [2.24, 2.45) is 0 Å². The summed E-state index contributed by atoms with van der Waals surface area (Å²) in [5.41, 5.74) is 3.08. The van der Waals surface area contributed by atoms with Gasteiger partial charge < -0.3 is 9.47 Å². The number of rotatable bonds is 4. The lowest BCUT2D eigenvalue weighted by atomic mass is 10.1. The van der Waals surface area contributed by atoms with Crippen LogP contribution in [0.15, 0.2) is 24.4 Å². The highest BCUT2D eigenvalue weighted by Crippen LogP contribution is 2.19. The molecule has 21 heavy (non-hydrogen) atoms. The Morgan fingerprint density at radius 1 is 1.38 bits per heavy atom. The Hall–Kier alpha value is -1.72. The van der Waals surface area contributed by atoms with Crippen LogP contribution in [0.4, 0.5) is 0 Å². The van der Waals surface area contributed by atoms with Gasteiger partial charge in [0.25, 0.3) is 0 Å². The van der Waals surface area contributed by atoms with Gasteiger partial charge in [-0.2, -0.15) is 0 Å². The summed E-state index contributed by atoms with van der Waals surface area (Å²) in [6, 6.07) is 5.86. The lowest BCUT2D eigenvalue weighted by Crippen LogP contribution is -2.41. The average molecular weight is 287 g/mol. The van der Waals surface area contributed by atoms with Crippen LogP contribution in [0.2, 0.25) is 0 Å². The van der Waals surface area contributed by atoms with Crippen molar-refractivity contribution in [2.45, 2.75) is 19.4 Å². The van der Waals surface area contributed by atoms with Gasteiger partial charge in [-0.1, -0.05) is 0 Å². The largest absolute Gasteiger partial charge is 0.481 e. The fraction of sp³-hybridized carbons (Fsp3) is 0.500. The van der Waals surface area contributed by atoms with Crippen LogP contribution in [0.25, 0.3) is 11.0 Å². The number of nitrogens with zero attached hydrogens (tertiary/aromatic N) is 3. The summed E-state index contributed by atoms with van der Waals surface area (Å²) in [6.45, 7) is 5.97. The van der Waals surface area contributed by atoms with E-state index in [-0.39, 0.29) is 0 Å². The molecule has 0 N–H and O–H groups in total. The highest BCUT2D eigenvalue weighted by atomic mass is 16.5. The normalized spacial score (nSPS) is 19.8. The minimum Gasteiger partial charge on any atom is -0.481 e. The van der Waals surface area contributed by atoms with Crippen LogP contribution >= 0.6 is 0 Å². The number of ether oxygens (including phenoxy) is 2. The third-order valence-corrected chi connectivity index (χ3v) is 3.87. The predicted octanol–water partition coefficient (Wildman–Crippen LogP) is 1.90. The number of hydrogen-bond donors (Lipinski definition) is 0. The third kappa shape index (κ3) is 3.31. The van der Waals surface area contributed by atoms with E-state index in [1.165, 1.54) is 5.56 Å². The Balaban J connectivity index is 1.76. The first-order valence-corrected chi connectivity index (χ1v) is 7.39. The van der Waals surface area contributed by atoms with Crippen molar-refractivity contribution in [3.05, 3.63) is 30.0 Å². The Bertz CT molecular complexity index is 617. The van der Waals surface area contributed by atoms with E-state index in [9.17, 15) is 0 Å². The zero-order valence-electron chi connectivity index (χ0n) is 12.6. The SMILES string of the molecule is COc1ccc2nccc(CCN3CCOC(C)C3)c2n1. The second-order valence-electron chi connectivity index (χ2n) is 5.42. The lowest BCUT2D eigenvalue weighted by Gasteiger charge is -2.31. The monoisotopic (exact) mass is 287 g/mol. The van der Waals surface area contributed by atoms with Crippen LogP contribution in [0.3, 0.4) is 0 Å². The molecule has 5 nitrogen and oxygen atoms in total. The predicted molar refractivity (Wildman–Crippen MR) is 81.6 cm³/mol. The highest BCUT2D eigenvalue weighted by Gasteiger charge is 2.16. The average Bonchev–Trinajstić information content (AvgIpc) is 2.52. The molecule has 2 aromatic heterocycles. The number of hydrogen-bond acceptors (Lipinski definition) is 5. The smallest absolute Gasteiger partial charge is 0.213 e. The molecule has 1 unspecified atom stereocenters. The van der Waals surface area contributed by atoms with Crippen LogP contribution in [0, 0.1) is 0 Å². The summed E-state index contributed by atoms with van der Waals surface area (Å²) in [4.78, 5) is 11.4. The Labute approximate surface area is 124 Å². The topological polar surface area (TPSA) is 47.5 Å². The van der Waals surface area contributed by atoms with Crippen LogP contribution in [0.1, 0.15) is 12.5 Å². The van der Waals surface area contributed by atoms with Gasteiger partial charge in [-0.15, -0.1) is 0 Å². The molecule has 1 fully saturated rings. The van der Waals surface area contributed by atoms with E-state index in [0.29, 0.717) is 12.0 Å². The zero-order chi connectivity index (χ0) is 14.7. The molecule has 112 valence electrons. The van der Waals surface area contributed by atoms with Crippen molar-refractivity contribution in [1.29, 1.82) is 0 Å². The van der Waals surface area contributed by atoms with Crippen molar-refractivity contribution < 1.29 is 9.47 Å². The Morgan fingerprint density at radius 2 is 2.29 bits per heavy atom. The van der Waals surface area contributed by atoms with Crippen molar-refractivity contribution >= 4 is 11.0 Å². The molecule has 0 aromatic carbocycles. The number of methoxy groups -OCH3 is 1. The minimum absolute atomic E-state index is 0.325. The van der Waals surface area contributed by atoms with Crippen LogP contribution in [-0.2, 0) is 11.2 Å². The number of pyridine rings is 2. The van der Waals surface area contributed by atoms with Crippen molar-refractivity contribution in [1.82, 2.24) is 14.9 Å². The highest BCUT2D eigenvalue weighted by molar-refractivity contribution is 5.78. The molecule has 1 aliphatic heterocycles. The van der Waals surface area contributed by atoms with E-state index >= 15 is 0 Å². The second-order valence-corrected chi connectivity index (χ2v) is 5.42. The van der Waals surface area contributed by atoms with Crippen LogP contribution in [-0.4, -0.2) is 54.3 Å². The molecule has 1 saturated heterocycles. The Kier molecular flexibility index (Phi) is 4.31. The van der Waals surface area contributed by atoms with Gasteiger partial charge in [0.1, 0.15) is 0 Å². The standard InChI is InChI=1S/C16H21N3O2/c1-12-11-19(9-10-21-12)8-6-13-5-7-17-14-3-4-15(20-2)18-16(13)14/h3-5,7,12H,6,8-11H2,1-2H3. The molecule has 1 atom stereocenters. The van der Waals surface area contributed by atoms with Gasteiger partial charge >= 0.3 is 0 Å². The summed E-state index contributed by atoms with van der Waals surface area (Å²) < 4.78 is 10.8. The summed E-state index contributed by atoms with van der Waals surface area (Å²) in [5, 5.41) is 0. The van der Waals surface area contributed by atoms with E-state index < -0.39 is 0 Å². The van der Waals surface area contributed by atoms with Gasteiger partial charge in [0.15, 0.2) is 0 Å².